The SMILES string of the molecule is Cn1cc(NC(=O)[C@H]2CCC3=Cc4c(cnn4-c4ccc(F)cc4)C[C@]3(CO[Si](C)(C)C(C)(C)C)C2)cn1. The Labute approximate surface area is 225 Å². The van der Waals surface area contributed by atoms with Crippen molar-refractivity contribution in [2.75, 3.05) is 11.9 Å². The number of hydrogen-bond donors (Lipinski definition) is 1. The number of halogens is 1. The number of nitrogens with zero attached hydrogens (tertiary/aromatic N) is 4. The summed E-state index contributed by atoms with van der Waals surface area (Å²) in [4.78, 5) is 13.4. The first-order chi connectivity index (χ1) is 17.9. The van der Waals surface area contributed by atoms with Crippen LogP contribution in [0.15, 0.2) is 48.4 Å². The second-order valence-corrected chi connectivity index (χ2v) is 17.3. The largest absolute Gasteiger partial charge is 0.416 e. The van der Waals surface area contributed by atoms with E-state index >= 15 is 0 Å². The van der Waals surface area contributed by atoms with E-state index in [1.807, 2.05) is 24.1 Å². The molecule has 9 heteroatoms. The van der Waals surface area contributed by atoms with Crippen LogP contribution in [-0.2, 0) is 22.7 Å². The second kappa shape index (κ2) is 9.61. The van der Waals surface area contributed by atoms with Gasteiger partial charge < -0.3 is 9.74 Å². The molecule has 1 N–H and O–H groups in total. The van der Waals surface area contributed by atoms with E-state index < -0.39 is 8.32 Å². The minimum absolute atomic E-state index is 0.0385. The average Bonchev–Trinajstić information content (AvgIpc) is 3.46. The molecular formula is C29H38FN5O2Si. The van der Waals surface area contributed by atoms with Crippen LogP contribution in [0.4, 0.5) is 10.1 Å². The molecule has 1 aromatic carbocycles. The van der Waals surface area contributed by atoms with Crippen molar-refractivity contribution in [3.63, 3.8) is 0 Å². The van der Waals surface area contributed by atoms with Crippen LogP contribution < -0.4 is 5.32 Å². The van der Waals surface area contributed by atoms with E-state index in [1.54, 1.807) is 23.0 Å². The predicted octanol–water partition coefficient (Wildman–Crippen LogP) is 6.13. The standard InChI is InChI=1S/C29H38FN5O2Si/c1-28(2,3)38(5,6)37-19-29-14-20(27(36)33-24-17-31-34(4)18-24)7-8-22(29)13-26-21(15-29)16-32-35(26)25-11-9-23(30)10-12-25/h9-13,16-18,20H,7-8,14-15,19H2,1-6H3,(H,33,36)/t20-,29-/m0/s1. The van der Waals surface area contributed by atoms with Crippen molar-refractivity contribution in [1.82, 2.24) is 19.6 Å². The summed E-state index contributed by atoms with van der Waals surface area (Å²) in [5.41, 5.74) is 4.76. The lowest BCUT2D eigenvalue weighted by molar-refractivity contribution is -0.121. The summed E-state index contributed by atoms with van der Waals surface area (Å²) in [6, 6.07) is 6.43. The number of aromatic nitrogens is 4. The summed E-state index contributed by atoms with van der Waals surface area (Å²) in [5.74, 6) is -0.349. The lowest BCUT2D eigenvalue weighted by Crippen LogP contribution is -2.48. The van der Waals surface area contributed by atoms with Crippen LogP contribution in [0.1, 0.15) is 51.3 Å². The fourth-order valence-corrected chi connectivity index (χ4v) is 6.47. The molecule has 0 unspecified atom stereocenters. The molecule has 1 fully saturated rings. The Morgan fingerprint density at radius 3 is 2.61 bits per heavy atom. The molecule has 2 atom stereocenters. The third-order valence-corrected chi connectivity index (χ3v) is 13.2. The highest BCUT2D eigenvalue weighted by molar-refractivity contribution is 6.74. The molecule has 0 radical (unpaired) electrons. The Morgan fingerprint density at radius 2 is 1.95 bits per heavy atom. The summed E-state index contributed by atoms with van der Waals surface area (Å²) >= 11 is 0. The first-order valence-corrected chi connectivity index (χ1v) is 16.3. The highest BCUT2D eigenvalue weighted by Crippen LogP contribution is 2.51. The number of amides is 1. The molecule has 0 aliphatic heterocycles. The van der Waals surface area contributed by atoms with Gasteiger partial charge in [-0.1, -0.05) is 26.3 Å². The van der Waals surface area contributed by atoms with Crippen molar-refractivity contribution >= 4 is 26.0 Å². The molecule has 1 saturated carbocycles. The zero-order chi connectivity index (χ0) is 27.3. The average molecular weight is 536 g/mol. The van der Waals surface area contributed by atoms with Gasteiger partial charge in [-0.2, -0.15) is 10.2 Å². The fraction of sp³-hybridized carbons (Fsp3) is 0.483. The molecule has 2 aliphatic rings. The van der Waals surface area contributed by atoms with Crippen LogP contribution in [0.25, 0.3) is 11.8 Å². The maximum absolute atomic E-state index is 13.6. The number of hydrogen-bond acceptors (Lipinski definition) is 4. The molecule has 202 valence electrons. The zero-order valence-electron chi connectivity index (χ0n) is 23.2. The number of rotatable bonds is 6. The fourth-order valence-electron chi connectivity index (χ4n) is 5.40. The molecule has 2 aromatic heterocycles. The molecule has 1 amide bonds. The maximum atomic E-state index is 13.6. The third-order valence-electron chi connectivity index (χ3n) is 8.74. The predicted molar refractivity (Wildman–Crippen MR) is 150 cm³/mol. The molecule has 3 aromatic rings. The van der Waals surface area contributed by atoms with Crippen molar-refractivity contribution in [3.05, 3.63) is 65.5 Å². The van der Waals surface area contributed by atoms with E-state index in [0.717, 1.165) is 48.3 Å². The van der Waals surface area contributed by atoms with E-state index in [0.29, 0.717) is 6.61 Å². The van der Waals surface area contributed by atoms with Gasteiger partial charge in [0.2, 0.25) is 5.91 Å². The molecule has 0 spiro atoms. The Bertz CT molecular complexity index is 1370. The van der Waals surface area contributed by atoms with Gasteiger partial charge in [0.25, 0.3) is 0 Å². The summed E-state index contributed by atoms with van der Waals surface area (Å²) in [6.07, 6.45) is 10.7. The monoisotopic (exact) mass is 535 g/mol. The Hall–Kier alpha value is -3.04. The summed E-state index contributed by atoms with van der Waals surface area (Å²) in [7, 11) is -0.178. The van der Waals surface area contributed by atoms with E-state index in [2.05, 4.69) is 55.5 Å². The van der Waals surface area contributed by atoms with Crippen LogP contribution in [0.5, 0.6) is 0 Å². The molecular weight excluding hydrogens is 497 g/mol. The number of anilines is 1. The Balaban J connectivity index is 1.46. The molecule has 2 aliphatic carbocycles. The van der Waals surface area contributed by atoms with Gasteiger partial charge in [-0.15, -0.1) is 0 Å². The topological polar surface area (TPSA) is 74.0 Å². The molecule has 5 rings (SSSR count). The number of carbonyl (C=O) groups excluding carboxylic acids is 1. The van der Waals surface area contributed by atoms with Crippen LogP contribution in [0.3, 0.4) is 0 Å². The van der Waals surface area contributed by atoms with Crippen LogP contribution in [0.2, 0.25) is 18.1 Å². The molecule has 7 nitrogen and oxygen atoms in total. The minimum Gasteiger partial charge on any atom is -0.416 e. The minimum atomic E-state index is -2.02. The Morgan fingerprint density at radius 1 is 1.21 bits per heavy atom. The maximum Gasteiger partial charge on any atom is 0.227 e. The van der Waals surface area contributed by atoms with Crippen LogP contribution >= 0.6 is 0 Å². The number of carbonyl (C=O) groups is 1. The van der Waals surface area contributed by atoms with Crippen LogP contribution in [-0.4, -0.2) is 40.4 Å². The van der Waals surface area contributed by atoms with Crippen molar-refractivity contribution in [1.29, 1.82) is 0 Å². The van der Waals surface area contributed by atoms with E-state index in [-0.39, 0.29) is 28.1 Å². The summed E-state index contributed by atoms with van der Waals surface area (Å²) in [6.45, 7) is 11.9. The number of aryl methyl sites for hydroxylation is 1. The molecule has 0 saturated heterocycles. The van der Waals surface area contributed by atoms with Gasteiger partial charge in [-0.3, -0.25) is 9.48 Å². The van der Waals surface area contributed by atoms with Crippen molar-refractivity contribution in [2.45, 2.75) is 64.6 Å². The van der Waals surface area contributed by atoms with Gasteiger partial charge in [0.05, 0.1) is 29.5 Å². The van der Waals surface area contributed by atoms with Crippen molar-refractivity contribution in [2.24, 2.45) is 18.4 Å². The van der Waals surface area contributed by atoms with Gasteiger partial charge in [0, 0.05) is 31.2 Å². The van der Waals surface area contributed by atoms with Crippen molar-refractivity contribution < 1.29 is 13.6 Å². The van der Waals surface area contributed by atoms with Crippen LogP contribution in [0, 0.1) is 17.2 Å². The second-order valence-electron chi connectivity index (χ2n) is 12.5. The van der Waals surface area contributed by atoms with Gasteiger partial charge in [-0.25, -0.2) is 9.07 Å². The van der Waals surface area contributed by atoms with Gasteiger partial charge in [-0.05, 0) is 79.7 Å². The quantitative estimate of drug-likeness (QED) is 0.385. The van der Waals surface area contributed by atoms with Gasteiger partial charge in [0.15, 0.2) is 8.32 Å². The van der Waals surface area contributed by atoms with Crippen molar-refractivity contribution in [3.8, 4) is 5.69 Å². The van der Waals surface area contributed by atoms with E-state index in [1.165, 1.54) is 17.7 Å². The molecule has 2 heterocycles. The first-order valence-electron chi connectivity index (χ1n) is 13.3. The Kier molecular flexibility index (Phi) is 6.72. The van der Waals surface area contributed by atoms with Gasteiger partial charge >= 0.3 is 0 Å². The molecule has 0 bridgehead atoms. The highest BCUT2D eigenvalue weighted by Gasteiger charge is 2.47. The smallest absolute Gasteiger partial charge is 0.227 e. The number of fused-ring (bicyclic) bond motifs is 2. The summed E-state index contributed by atoms with van der Waals surface area (Å²) in [5, 5.41) is 12.0. The van der Waals surface area contributed by atoms with Gasteiger partial charge in [0.1, 0.15) is 5.82 Å². The van der Waals surface area contributed by atoms with E-state index in [9.17, 15) is 9.18 Å². The molecule has 38 heavy (non-hydrogen) atoms. The lowest BCUT2D eigenvalue weighted by atomic mass is 9.61. The number of nitrogens with one attached hydrogen (secondary N) is 1. The number of benzene rings is 1. The highest BCUT2D eigenvalue weighted by atomic mass is 28.4. The summed E-state index contributed by atoms with van der Waals surface area (Å²) < 4.78 is 24.0. The van der Waals surface area contributed by atoms with E-state index in [4.69, 9.17) is 4.43 Å². The first kappa shape index (κ1) is 26.6. The normalized spacial score (nSPS) is 21.4. The zero-order valence-corrected chi connectivity index (χ0v) is 24.2. The lowest BCUT2D eigenvalue weighted by Gasteiger charge is -2.47. The third kappa shape index (κ3) is 5.01.